The van der Waals surface area contributed by atoms with Gasteiger partial charge in [0.25, 0.3) is 5.56 Å². The molecule has 1 N–H and O–H groups in total. The first-order chi connectivity index (χ1) is 14.2. The van der Waals surface area contributed by atoms with E-state index >= 15 is 0 Å². The van der Waals surface area contributed by atoms with Crippen LogP contribution in [-0.2, 0) is 6.54 Å². The van der Waals surface area contributed by atoms with Crippen molar-refractivity contribution in [3.63, 3.8) is 0 Å². The molecule has 0 amide bonds. The van der Waals surface area contributed by atoms with Gasteiger partial charge in [-0.25, -0.2) is 9.97 Å². The molecule has 0 radical (unpaired) electrons. The fourth-order valence-corrected chi connectivity index (χ4v) is 3.81. The van der Waals surface area contributed by atoms with E-state index in [0.29, 0.717) is 30.6 Å². The molecule has 2 aromatic heterocycles. The van der Waals surface area contributed by atoms with Crippen molar-refractivity contribution in [2.24, 2.45) is 5.92 Å². The molecule has 1 fully saturated rings. The second-order valence-corrected chi connectivity index (χ2v) is 8.18. The van der Waals surface area contributed by atoms with Crippen molar-refractivity contribution in [2.75, 3.05) is 19.7 Å². The second-order valence-electron chi connectivity index (χ2n) is 7.26. The summed E-state index contributed by atoms with van der Waals surface area (Å²) >= 11 is 3.41. The van der Waals surface area contributed by atoms with Gasteiger partial charge in [0.2, 0.25) is 0 Å². The molecule has 29 heavy (non-hydrogen) atoms. The van der Waals surface area contributed by atoms with E-state index in [1.54, 1.807) is 35.3 Å². The SMILES string of the molecule is O=c1ccc(Br)cn1Cc1cccc(-c2ncc(OCC3CCNCC3)cn2)c1. The minimum Gasteiger partial charge on any atom is -0.490 e. The Kier molecular flexibility index (Phi) is 6.36. The minimum atomic E-state index is -0.0369. The van der Waals surface area contributed by atoms with Gasteiger partial charge in [0.15, 0.2) is 11.6 Å². The molecule has 0 atom stereocenters. The molecule has 0 spiro atoms. The van der Waals surface area contributed by atoms with Crippen LogP contribution in [0.5, 0.6) is 5.75 Å². The molecule has 7 heteroatoms. The van der Waals surface area contributed by atoms with Gasteiger partial charge < -0.3 is 14.6 Å². The van der Waals surface area contributed by atoms with Crippen LogP contribution in [0.25, 0.3) is 11.4 Å². The number of halogens is 1. The van der Waals surface area contributed by atoms with E-state index in [4.69, 9.17) is 4.74 Å². The maximum atomic E-state index is 12.0. The summed E-state index contributed by atoms with van der Waals surface area (Å²) < 4.78 is 8.41. The monoisotopic (exact) mass is 454 g/mol. The van der Waals surface area contributed by atoms with E-state index in [9.17, 15) is 4.79 Å². The van der Waals surface area contributed by atoms with Crippen LogP contribution in [0.2, 0.25) is 0 Å². The molecule has 3 heterocycles. The quantitative estimate of drug-likeness (QED) is 0.617. The van der Waals surface area contributed by atoms with Gasteiger partial charge in [-0.1, -0.05) is 18.2 Å². The van der Waals surface area contributed by atoms with E-state index in [1.165, 1.54) is 0 Å². The molecule has 0 bridgehead atoms. The molecule has 0 unspecified atom stereocenters. The Bertz CT molecular complexity index is 1010. The second kappa shape index (κ2) is 9.33. The van der Waals surface area contributed by atoms with E-state index < -0.39 is 0 Å². The summed E-state index contributed by atoms with van der Waals surface area (Å²) in [5.74, 6) is 1.93. The van der Waals surface area contributed by atoms with Crippen LogP contribution in [0.1, 0.15) is 18.4 Å². The molecule has 6 nitrogen and oxygen atoms in total. The third-order valence-corrected chi connectivity index (χ3v) is 5.53. The zero-order valence-electron chi connectivity index (χ0n) is 16.1. The number of nitrogens with one attached hydrogen (secondary N) is 1. The molecule has 0 saturated carbocycles. The van der Waals surface area contributed by atoms with E-state index in [1.807, 2.05) is 24.3 Å². The lowest BCUT2D eigenvalue weighted by molar-refractivity contribution is 0.214. The van der Waals surface area contributed by atoms with Gasteiger partial charge in [0.1, 0.15) is 0 Å². The maximum Gasteiger partial charge on any atom is 0.250 e. The van der Waals surface area contributed by atoms with Crippen LogP contribution in [-0.4, -0.2) is 34.2 Å². The number of benzene rings is 1. The number of aromatic nitrogens is 3. The van der Waals surface area contributed by atoms with Crippen LogP contribution in [0, 0.1) is 5.92 Å². The number of pyridine rings is 1. The van der Waals surface area contributed by atoms with Crippen molar-refractivity contribution in [1.82, 2.24) is 19.9 Å². The van der Waals surface area contributed by atoms with Crippen LogP contribution in [0.3, 0.4) is 0 Å². The van der Waals surface area contributed by atoms with Crippen LogP contribution < -0.4 is 15.6 Å². The zero-order valence-corrected chi connectivity index (χ0v) is 17.6. The van der Waals surface area contributed by atoms with Gasteiger partial charge in [-0.2, -0.15) is 0 Å². The Balaban J connectivity index is 1.43. The number of hydrogen-bond donors (Lipinski definition) is 1. The van der Waals surface area contributed by atoms with E-state index in [0.717, 1.165) is 41.5 Å². The van der Waals surface area contributed by atoms with E-state index in [-0.39, 0.29) is 5.56 Å². The predicted molar refractivity (Wildman–Crippen MR) is 116 cm³/mol. The Morgan fingerprint density at radius 1 is 1.14 bits per heavy atom. The molecule has 4 rings (SSSR count). The molecular formula is C22H23BrN4O2. The normalized spacial score (nSPS) is 14.7. The highest BCUT2D eigenvalue weighted by Gasteiger charge is 2.14. The van der Waals surface area contributed by atoms with Crippen LogP contribution in [0.4, 0.5) is 0 Å². The molecule has 3 aromatic rings. The topological polar surface area (TPSA) is 69.0 Å². The summed E-state index contributed by atoms with van der Waals surface area (Å²) in [5, 5.41) is 3.36. The van der Waals surface area contributed by atoms with Gasteiger partial charge in [0, 0.05) is 22.3 Å². The molecule has 1 aliphatic rings. The lowest BCUT2D eigenvalue weighted by Gasteiger charge is -2.22. The first-order valence-corrected chi connectivity index (χ1v) is 10.6. The van der Waals surface area contributed by atoms with Gasteiger partial charge in [0.05, 0.1) is 25.5 Å². The third kappa shape index (κ3) is 5.31. The summed E-state index contributed by atoms with van der Waals surface area (Å²) in [6.07, 6.45) is 7.55. The lowest BCUT2D eigenvalue weighted by atomic mass is 9.99. The highest BCUT2D eigenvalue weighted by atomic mass is 79.9. The Morgan fingerprint density at radius 3 is 2.72 bits per heavy atom. The molecular weight excluding hydrogens is 432 g/mol. The van der Waals surface area contributed by atoms with Crippen molar-refractivity contribution in [3.05, 3.63) is 75.4 Å². The average Bonchev–Trinajstić information content (AvgIpc) is 2.76. The highest BCUT2D eigenvalue weighted by Crippen LogP contribution is 2.20. The number of ether oxygens (including phenoxy) is 1. The van der Waals surface area contributed by atoms with Gasteiger partial charge in [-0.15, -0.1) is 0 Å². The first kappa shape index (κ1) is 19.8. The minimum absolute atomic E-state index is 0.0369. The van der Waals surface area contributed by atoms with E-state index in [2.05, 4.69) is 31.2 Å². The number of hydrogen-bond acceptors (Lipinski definition) is 5. The van der Waals surface area contributed by atoms with Gasteiger partial charge in [-0.3, -0.25) is 4.79 Å². The number of piperidine rings is 1. The third-order valence-electron chi connectivity index (χ3n) is 5.06. The van der Waals surface area contributed by atoms with Crippen molar-refractivity contribution < 1.29 is 4.74 Å². The molecule has 0 aliphatic carbocycles. The Hall–Kier alpha value is -2.51. The summed E-state index contributed by atoms with van der Waals surface area (Å²) in [4.78, 5) is 21.0. The molecule has 1 saturated heterocycles. The fraction of sp³-hybridized carbons (Fsp3) is 0.318. The maximum absolute atomic E-state index is 12.0. The predicted octanol–water partition coefficient (Wildman–Crippen LogP) is 3.49. The fourth-order valence-electron chi connectivity index (χ4n) is 3.43. The largest absolute Gasteiger partial charge is 0.490 e. The number of nitrogens with zero attached hydrogens (tertiary/aromatic N) is 3. The zero-order chi connectivity index (χ0) is 20.1. The standard InChI is InChI=1S/C22H23BrN4O2/c23-19-4-5-21(28)27(14-19)13-17-2-1-3-18(10-17)22-25-11-20(12-26-22)29-15-16-6-8-24-9-7-16/h1-5,10-12,14,16,24H,6-9,13,15H2. The van der Waals surface area contributed by atoms with Crippen molar-refractivity contribution >= 4 is 15.9 Å². The van der Waals surface area contributed by atoms with Gasteiger partial charge >= 0.3 is 0 Å². The smallest absolute Gasteiger partial charge is 0.250 e. The van der Waals surface area contributed by atoms with Gasteiger partial charge in [-0.05, 0) is 65.5 Å². The Morgan fingerprint density at radius 2 is 1.93 bits per heavy atom. The van der Waals surface area contributed by atoms with Crippen LogP contribution in [0.15, 0.2) is 64.3 Å². The van der Waals surface area contributed by atoms with Crippen molar-refractivity contribution in [1.29, 1.82) is 0 Å². The molecule has 1 aliphatic heterocycles. The molecule has 150 valence electrons. The van der Waals surface area contributed by atoms with Crippen molar-refractivity contribution in [3.8, 4) is 17.1 Å². The summed E-state index contributed by atoms with van der Waals surface area (Å²) in [5.41, 5.74) is 1.89. The highest BCUT2D eigenvalue weighted by molar-refractivity contribution is 9.10. The lowest BCUT2D eigenvalue weighted by Crippen LogP contribution is -2.30. The van der Waals surface area contributed by atoms with Crippen molar-refractivity contribution in [2.45, 2.75) is 19.4 Å². The first-order valence-electron chi connectivity index (χ1n) is 9.78. The van der Waals surface area contributed by atoms with Crippen LogP contribution >= 0.6 is 15.9 Å². The summed E-state index contributed by atoms with van der Waals surface area (Å²) in [6, 6.07) is 11.2. The Labute approximate surface area is 178 Å². The summed E-state index contributed by atoms with van der Waals surface area (Å²) in [6.45, 7) is 3.32. The average molecular weight is 455 g/mol. The number of rotatable bonds is 6. The molecule has 1 aromatic carbocycles. The summed E-state index contributed by atoms with van der Waals surface area (Å²) in [7, 11) is 0.